The molecule has 0 aliphatic heterocycles. The standard InChI is InChI=1S/C22H26ClN5O2/c1-2-3-5-15-8-10-16(11-9-15)21(29)26-27-14-24-20-19(22(27)30)13-25-28(20)18-7-4-6-17(23)12-18/h4,6-7,12-16H,2-3,5,8-11H2,1H3,(H,26,29). The largest absolute Gasteiger partial charge is 0.283 e. The molecular weight excluding hydrogens is 402 g/mol. The Morgan fingerprint density at radius 2 is 2.07 bits per heavy atom. The van der Waals surface area contributed by atoms with E-state index >= 15 is 0 Å². The third kappa shape index (κ3) is 4.26. The highest BCUT2D eigenvalue weighted by atomic mass is 35.5. The summed E-state index contributed by atoms with van der Waals surface area (Å²) in [5, 5.41) is 5.18. The quantitative estimate of drug-likeness (QED) is 0.635. The van der Waals surface area contributed by atoms with E-state index in [4.69, 9.17) is 11.6 Å². The molecule has 1 saturated carbocycles. The zero-order valence-electron chi connectivity index (χ0n) is 17.1. The number of carbonyl (C=O) groups is 1. The lowest BCUT2D eigenvalue weighted by atomic mass is 9.79. The minimum atomic E-state index is -0.349. The van der Waals surface area contributed by atoms with Crippen LogP contribution in [0.5, 0.6) is 0 Å². The number of amides is 1. The zero-order valence-corrected chi connectivity index (χ0v) is 17.8. The fraction of sp³-hybridized carbons (Fsp3) is 0.455. The van der Waals surface area contributed by atoms with Crippen molar-refractivity contribution in [1.82, 2.24) is 19.4 Å². The Kier molecular flexibility index (Phi) is 6.18. The normalized spacial score (nSPS) is 19.1. The Balaban J connectivity index is 1.48. The highest BCUT2D eigenvalue weighted by molar-refractivity contribution is 6.30. The summed E-state index contributed by atoms with van der Waals surface area (Å²) in [4.78, 5) is 29.9. The van der Waals surface area contributed by atoms with Crippen LogP contribution in [0.2, 0.25) is 5.02 Å². The number of nitrogens with zero attached hydrogens (tertiary/aromatic N) is 4. The number of benzene rings is 1. The van der Waals surface area contributed by atoms with E-state index in [0.29, 0.717) is 21.7 Å². The monoisotopic (exact) mass is 427 g/mol. The van der Waals surface area contributed by atoms with Crippen LogP contribution in [-0.2, 0) is 4.79 Å². The molecule has 1 aliphatic rings. The van der Waals surface area contributed by atoms with E-state index < -0.39 is 0 Å². The number of carbonyl (C=O) groups excluding carboxylic acids is 1. The van der Waals surface area contributed by atoms with Gasteiger partial charge in [-0.25, -0.2) is 14.3 Å². The van der Waals surface area contributed by atoms with Crippen molar-refractivity contribution in [3.05, 3.63) is 52.2 Å². The molecule has 1 amide bonds. The van der Waals surface area contributed by atoms with E-state index in [9.17, 15) is 9.59 Å². The second-order valence-electron chi connectivity index (χ2n) is 8.03. The van der Waals surface area contributed by atoms with Gasteiger partial charge in [0.25, 0.3) is 5.56 Å². The third-order valence-electron chi connectivity index (χ3n) is 5.96. The summed E-state index contributed by atoms with van der Waals surface area (Å²) in [5.74, 6) is 0.557. The highest BCUT2D eigenvalue weighted by Crippen LogP contribution is 2.32. The van der Waals surface area contributed by atoms with E-state index in [2.05, 4.69) is 22.4 Å². The molecule has 1 aromatic carbocycles. The van der Waals surface area contributed by atoms with Crippen molar-refractivity contribution in [3.63, 3.8) is 0 Å². The number of nitrogens with one attached hydrogen (secondary N) is 1. The first-order valence-electron chi connectivity index (χ1n) is 10.6. The number of halogens is 1. The minimum absolute atomic E-state index is 0.0559. The molecule has 1 N–H and O–H groups in total. The second kappa shape index (κ2) is 9.00. The van der Waals surface area contributed by atoms with E-state index in [1.165, 1.54) is 31.8 Å². The maximum absolute atomic E-state index is 12.9. The maximum Gasteiger partial charge on any atom is 0.283 e. The first-order chi connectivity index (χ1) is 14.6. The summed E-state index contributed by atoms with van der Waals surface area (Å²) in [5.41, 5.74) is 3.52. The molecule has 0 unspecified atom stereocenters. The molecule has 0 atom stereocenters. The van der Waals surface area contributed by atoms with Crippen LogP contribution < -0.4 is 11.0 Å². The van der Waals surface area contributed by atoms with Crippen LogP contribution in [-0.4, -0.2) is 25.3 Å². The maximum atomic E-state index is 12.9. The lowest BCUT2D eigenvalue weighted by molar-refractivity contribution is -0.122. The highest BCUT2D eigenvalue weighted by Gasteiger charge is 2.26. The number of rotatable bonds is 6. The molecule has 3 aromatic rings. The Morgan fingerprint density at radius 1 is 1.27 bits per heavy atom. The summed E-state index contributed by atoms with van der Waals surface area (Å²) < 4.78 is 2.73. The van der Waals surface area contributed by atoms with Crippen molar-refractivity contribution in [2.45, 2.75) is 51.9 Å². The van der Waals surface area contributed by atoms with E-state index in [-0.39, 0.29) is 17.4 Å². The number of unbranched alkanes of at least 4 members (excludes halogenated alkanes) is 1. The minimum Gasteiger partial charge on any atom is -0.273 e. The van der Waals surface area contributed by atoms with Crippen LogP contribution in [0.3, 0.4) is 0 Å². The predicted octanol–water partition coefficient (Wildman–Crippen LogP) is 4.30. The molecule has 2 aromatic heterocycles. The van der Waals surface area contributed by atoms with Gasteiger partial charge in [0, 0.05) is 10.9 Å². The van der Waals surface area contributed by atoms with E-state index in [1.54, 1.807) is 16.8 Å². The Hall–Kier alpha value is -2.67. The summed E-state index contributed by atoms with van der Waals surface area (Å²) in [7, 11) is 0. The van der Waals surface area contributed by atoms with Gasteiger partial charge in [-0.1, -0.05) is 43.9 Å². The predicted molar refractivity (Wildman–Crippen MR) is 117 cm³/mol. The van der Waals surface area contributed by atoms with Gasteiger partial charge < -0.3 is 0 Å². The van der Waals surface area contributed by atoms with Gasteiger partial charge in [0.05, 0.1) is 11.9 Å². The summed E-state index contributed by atoms with van der Waals surface area (Å²) in [6, 6.07) is 7.16. The van der Waals surface area contributed by atoms with Crippen molar-refractivity contribution < 1.29 is 4.79 Å². The molecule has 1 fully saturated rings. The molecule has 0 bridgehead atoms. The zero-order chi connectivity index (χ0) is 21.1. The molecular formula is C22H26ClN5O2. The average molecular weight is 428 g/mol. The Bertz CT molecular complexity index is 1100. The van der Waals surface area contributed by atoms with Gasteiger partial charge in [-0.3, -0.25) is 15.0 Å². The van der Waals surface area contributed by atoms with E-state index in [0.717, 1.165) is 36.3 Å². The molecule has 4 rings (SSSR count). The van der Waals surface area contributed by atoms with E-state index in [1.807, 2.05) is 12.1 Å². The Labute approximate surface area is 180 Å². The van der Waals surface area contributed by atoms with Crippen LogP contribution in [0.25, 0.3) is 16.7 Å². The number of aromatic nitrogens is 4. The van der Waals surface area contributed by atoms with Gasteiger partial charge >= 0.3 is 0 Å². The lowest BCUT2D eigenvalue weighted by Crippen LogP contribution is -2.37. The van der Waals surface area contributed by atoms with Gasteiger partial charge in [0.1, 0.15) is 11.7 Å². The molecule has 7 nitrogen and oxygen atoms in total. The Morgan fingerprint density at radius 3 is 2.80 bits per heavy atom. The van der Waals surface area contributed by atoms with Crippen LogP contribution in [0.1, 0.15) is 51.9 Å². The molecule has 0 radical (unpaired) electrons. The lowest BCUT2D eigenvalue weighted by Gasteiger charge is -2.27. The van der Waals surface area contributed by atoms with Gasteiger partial charge in [-0.2, -0.15) is 5.10 Å². The molecule has 1 aliphatic carbocycles. The summed E-state index contributed by atoms with van der Waals surface area (Å²) >= 11 is 6.06. The van der Waals surface area contributed by atoms with Gasteiger partial charge in [-0.05, 0) is 49.8 Å². The van der Waals surface area contributed by atoms with Gasteiger partial charge in [0.2, 0.25) is 5.91 Å². The fourth-order valence-electron chi connectivity index (χ4n) is 4.20. The van der Waals surface area contributed by atoms with Crippen LogP contribution in [0.15, 0.2) is 41.6 Å². The first-order valence-corrected chi connectivity index (χ1v) is 11.0. The van der Waals surface area contributed by atoms with Crippen molar-refractivity contribution in [2.75, 3.05) is 5.43 Å². The molecule has 158 valence electrons. The van der Waals surface area contributed by atoms with Crippen LogP contribution >= 0.6 is 11.6 Å². The summed E-state index contributed by atoms with van der Waals surface area (Å²) in [6.45, 7) is 2.21. The molecule has 30 heavy (non-hydrogen) atoms. The molecule has 0 spiro atoms. The van der Waals surface area contributed by atoms with Gasteiger partial charge in [0.15, 0.2) is 5.65 Å². The first kappa shape index (κ1) is 20.6. The van der Waals surface area contributed by atoms with Crippen LogP contribution in [0, 0.1) is 11.8 Å². The second-order valence-corrected chi connectivity index (χ2v) is 8.47. The smallest absolute Gasteiger partial charge is 0.273 e. The van der Waals surface area contributed by atoms with Crippen molar-refractivity contribution >= 4 is 28.5 Å². The molecule has 2 heterocycles. The number of hydrogen-bond donors (Lipinski definition) is 1. The van der Waals surface area contributed by atoms with Crippen molar-refractivity contribution in [2.24, 2.45) is 11.8 Å². The topological polar surface area (TPSA) is 81.8 Å². The third-order valence-corrected chi connectivity index (χ3v) is 6.19. The fourth-order valence-corrected chi connectivity index (χ4v) is 4.39. The number of fused-ring (bicyclic) bond motifs is 1. The van der Waals surface area contributed by atoms with Crippen LogP contribution in [0.4, 0.5) is 0 Å². The van der Waals surface area contributed by atoms with Crippen molar-refractivity contribution in [1.29, 1.82) is 0 Å². The van der Waals surface area contributed by atoms with Crippen molar-refractivity contribution in [3.8, 4) is 5.69 Å². The average Bonchev–Trinajstić information content (AvgIpc) is 3.19. The molecule has 0 saturated heterocycles. The molecule has 8 heteroatoms. The van der Waals surface area contributed by atoms with Gasteiger partial charge in [-0.15, -0.1) is 0 Å². The summed E-state index contributed by atoms with van der Waals surface area (Å²) in [6.07, 6.45) is 10.4. The number of hydrogen-bond acceptors (Lipinski definition) is 4. The SMILES string of the molecule is CCCCC1CCC(C(=O)Nn2cnc3c(cnn3-c3cccc(Cl)c3)c2=O)CC1.